The number of fused-ring (bicyclic) bond motifs is 1. The van der Waals surface area contributed by atoms with Crippen LogP contribution in [-0.4, -0.2) is 25.5 Å². The zero-order valence-electron chi connectivity index (χ0n) is 15.0. The Morgan fingerprint density at radius 2 is 2.00 bits per heavy atom. The molecule has 3 rings (SSSR count). The maximum atomic E-state index is 12.2. The summed E-state index contributed by atoms with van der Waals surface area (Å²) in [6, 6.07) is 13.6. The number of benzene rings is 2. The maximum Gasteiger partial charge on any atom is 0.243 e. The van der Waals surface area contributed by atoms with Crippen LogP contribution >= 0.6 is 0 Å². The number of aryl methyl sites for hydroxylation is 1. The van der Waals surface area contributed by atoms with Crippen molar-refractivity contribution in [2.75, 3.05) is 19.0 Å². The number of carbonyl (C=O) groups is 2. The predicted octanol–water partition coefficient (Wildman–Crippen LogP) is 2.29. The van der Waals surface area contributed by atoms with Crippen molar-refractivity contribution in [1.82, 2.24) is 10.6 Å². The Bertz CT molecular complexity index is 820. The minimum atomic E-state index is -0.290. The molecule has 0 bridgehead atoms. The number of hydrogen-bond acceptors (Lipinski definition) is 4. The van der Waals surface area contributed by atoms with E-state index < -0.39 is 0 Å². The van der Waals surface area contributed by atoms with Crippen LogP contribution in [0.1, 0.15) is 29.2 Å². The third-order valence-corrected chi connectivity index (χ3v) is 4.43. The number of rotatable bonds is 6. The summed E-state index contributed by atoms with van der Waals surface area (Å²) in [5.74, 6) is 0.134. The van der Waals surface area contributed by atoms with E-state index in [1.54, 1.807) is 13.2 Å². The number of methoxy groups -OCH3 is 1. The number of amides is 2. The highest BCUT2D eigenvalue weighted by molar-refractivity contribution is 5.95. The van der Waals surface area contributed by atoms with Gasteiger partial charge < -0.3 is 20.7 Å². The molecule has 2 amide bonds. The Kier molecular flexibility index (Phi) is 5.53. The van der Waals surface area contributed by atoms with E-state index in [9.17, 15) is 9.59 Å². The molecule has 1 aliphatic heterocycles. The monoisotopic (exact) mass is 353 g/mol. The minimum Gasteiger partial charge on any atom is -0.495 e. The van der Waals surface area contributed by atoms with Gasteiger partial charge in [-0.25, -0.2) is 0 Å². The lowest BCUT2D eigenvalue weighted by molar-refractivity contribution is -0.124. The van der Waals surface area contributed by atoms with Gasteiger partial charge in [0.15, 0.2) is 0 Å². The lowest BCUT2D eigenvalue weighted by atomic mass is 10.0. The summed E-state index contributed by atoms with van der Waals surface area (Å²) in [5.41, 5.74) is 3.97. The smallest absolute Gasteiger partial charge is 0.243 e. The fourth-order valence-electron chi connectivity index (χ4n) is 3.11. The normalized spacial score (nSPS) is 15.2. The minimum absolute atomic E-state index is 0.00821. The van der Waals surface area contributed by atoms with Crippen molar-refractivity contribution in [3.05, 3.63) is 59.2 Å². The molecule has 1 aliphatic rings. The van der Waals surface area contributed by atoms with Gasteiger partial charge in [-0.2, -0.15) is 0 Å². The molecule has 0 aliphatic carbocycles. The van der Waals surface area contributed by atoms with Crippen LogP contribution in [0.3, 0.4) is 0 Å². The molecule has 0 aromatic heterocycles. The summed E-state index contributed by atoms with van der Waals surface area (Å²) >= 11 is 0. The van der Waals surface area contributed by atoms with Crippen molar-refractivity contribution in [1.29, 1.82) is 0 Å². The summed E-state index contributed by atoms with van der Waals surface area (Å²) in [7, 11) is 1.55. The van der Waals surface area contributed by atoms with Crippen LogP contribution in [0.15, 0.2) is 42.5 Å². The van der Waals surface area contributed by atoms with Crippen molar-refractivity contribution in [2.45, 2.75) is 25.9 Å². The number of anilines is 1. The average Bonchev–Trinajstić information content (AvgIpc) is 3.03. The molecular weight excluding hydrogens is 330 g/mol. The molecule has 0 spiro atoms. The second-order valence-corrected chi connectivity index (χ2v) is 6.37. The molecule has 136 valence electrons. The lowest BCUT2D eigenvalue weighted by Crippen LogP contribution is -2.34. The van der Waals surface area contributed by atoms with Crippen LogP contribution in [-0.2, 0) is 16.1 Å². The first kappa shape index (κ1) is 17.9. The van der Waals surface area contributed by atoms with Crippen molar-refractivity contribution >= 4 is 17.5 Å². The van der Waals surface area contributed by atoms with Crippen LogP contribution < -0.4 is 20.7 Å². The largest absolute Gasteiger partial charge is 0.495 e. The molecule has 6 heteroatoms. The molecule has 6 nitrogen and oxygen atoms in total. The maximum absolute atomic E-state index is 12.2. The van der Waals surface area contributed by atoms with Crippen LogP contribution in [0.4, 0.5) is 5.69 Å². The van der Waals surface area contributed by atoms with E-state index in [-0.39, 0.29) is 24.4 Å². The van der Waals surface area contributed by atoms with E-state index in [0.29, 0.717) is 17.9 Å². The van der Waals surface area contributed by atoms with Gasteiger partial charge in [0.1, 0.15) is 5.75 Å². The van der Waals surface area contributed by atoms with E-state index in [1.165, 1.54) is 5.56 Å². The van der Waals surface area contributed by atoms with Crippen LogP contribution in [0, 0.1) is 6.92 Å². The van der Waals surface area contributed by atoms with Gasteiger partial charge in [0.05, 0.1) is 19.3 Å². The fourth-order valence-corrected chi connectivity index (χ4v) is 3.11. The third kappa shape index (κ3) is 4.21. The lowest BCUT2D eigenvalue weighted by Gasteiger charge is -2.13. The average molecular weight is 353 g/mol. The number of ether oxygens (including phenoxy) is 1. The second-order valence-electron chi connectivity index (χ2n) is 6.37. The third-order valence-electron chi connectivity index (χ3n) is 4.43. The topological polar surface area (TPSA) is 79.5 Å². The number of carbonyl (C=O) groups excluding carboxylic acids is 2. The Labute approximate surface area is 152 Å². The van der Waals surface area contributed by atoms with E-state index in [4.69, 9.17) is 4.74 Å². The number of hydrogen-bond donors (Lipinski definition) is 3. The van der Waals surface area contributed by atoms with Crippen LogP contribution in [0.2, 0.25) is 0 Å². The van der Waals surface area contributed by atoms with Crippen molar-refractivity contribution in [3.8, 4) is 5.75 Å². The van der Waals surface area contributed by atoms with Crippen molar-refractivity contribution < 1.29 is 14.3 Å². The SMILES string of the molecule is COc1ccc(C)cc1NC(=O)CNC(=O)CC1NCc2ccccc21. The van der Waals surface area contributed by atoms with Gasteiger partial charge in [-0.15, -0.1) is 0 Å². The highest BCUT2D eigenvalue weighted by Gasteiger charge is 2.23. The van der Waals surface area contributed by atoms with Gasteiger partial charge in [0, 0.05) is 19.0 Å². The summed E-state index contributed by atoms with van der Waals surface area (Å²) in [5, 5.41) is 8.78. The predicted molar refractivity (Wildman–Crippen MR) is 100 cm³/mol. The standard InChI is InChI=1S/C20H23N3O3/c1-13-7-8-18(26-2)17(9-13)23-20(25)12-22-19(24)10-16-15-6-4-3-5-14(15)11-21-16/h3-9,16,21H,10-12H2,1-2H3,(H,22,24)(H,23,25). The van der Waals surface area contributed by atoms with Crippen LogP contribution in [0.5, 0.6) is 5.75 Å². The van der Waals surface area contributed by atoms with Gasteiger partial charge in [-0.05, 0) is 35.7 Å². The van der Waals surface area contributed by atoms with Crippen molar-refractivity contribution in [2.24, 2.45) is 0 Å². The zero-order chi connectivity index (χ0) is 18.5. The highest BCUT2D eigenvalue weighted by Crippen LogP contribution is 2.27. The summed E-state index contributed by atoms with van der Waals surface area (Å²) in [4.78, 5) is 24.3. The molecule has 0 saturated heterocycles. The Morgan fingerprint density at radius 3 is 2.81 bits per heavy atom. The summed E-state index contributed by atoms with van der Waals surface area (Å²) < 4.78 is 5.24. The Balaban J connectivity index is 1.51. The number of nitrogens with one attached hydrogen (secondary N) is 3. The summed E-state index contributed by atoms with van der Waals surface area (Å²) in [6.45, 7) is 2.62. The van der Waals surface area contributed by atoms with Gasteiger partial charge >= 0.3 is 0 Å². The molecule has 0 radical (unpaired) electrons. The first-order chi connectivity index (χ1) is 12.6. The second kappa shape index (κ2) is 8.01. The van der Waals surface area contributed by atoms with Crippen molar-refractivity contribution in [3.63, 3.8) is 0 Å². The zero-order valence-corrected chi connectivity index (χ0v) is 15.0. The molecule has 0 saturated carbocycles. The van der Waals surface area contributed by atoms with E-state index in [2.05, 4.69) is 22.0 Å². The molecule has 1 atom stereocenters. The molecule has 3 N–H and O–H groups in total. The van der Waals surface area contributed by atoms with Gasteiger partial charge in [-0.3, -0.25) is 9.59 Å². The molecule has 0 fully saturated rings. The van der Waals surface area contributed by atoms with E-state index >= 15 is 0 Å². The fraction of sp³-hybridized carbons (Fsp3) is 0.300. The molecule has 2 aromatic carbocycles. The first-order valence-corrected chi connectivity index (χ1v) is 8.59. The molecule has 2 aromatic rings. The highest BCUT2D eigenvalue weighted by atomic mass is 16.5. The Hall–Kier alpha value is -2.86. The van der Waals surface area contributed by atoms with Crippen LogP contribution in [0.25, 0.3) is 0 Å². The van der Waals surface area contributed by atoms with E-state index in [0.717, 1.165) is 17.7 Å². The summed E-state index contributed by atoms with van der Waals surface area (Å²) in [6.07, 6.45) is 0.304. The Morgan fingerprint density at radius 1 is 1.19 bits per heavy atom. The molecule has 1 unspecified atom stereocenters. The quantitative estimate of drug-likeness (QED) is 0.744. The molecule has 1 heterocycles. The molecular formula is C20H23N3O3. The van der Waals surface area contributed by atoms with Gasteiger partial charge in [0.2, 0.25) is 11.8 Å². The van der Waals surface area contributed by atoms with Gasteiger partial charge in [-0.1, -0.05) is 30.3 Å². The first-order valence-electron chi connectivity index (χ1n) is 8.59. The van der Waals surface area contributed by atoms with E-state index in [1.807, 2.05) is 37.3 Å². The van der Waals surface area contributed by atoms with Gasteiger partial charge in [0.25, 0.3) is 0 Å². The molecule has 26 heavy (non-hydrogen) atoms.